The Morgan fingerprint density at radius 3 is 2.76 bits per heavy atom. The van der Waals surface area contributed by atoms with Gasteiger partial charge in [0.15, 0.2) is 0 Å². The number of nitrogens with one attached hydrogen (secondary N) is 2. The average Bonchev–Trinajstić information content (AvgIpc) is 3.32. The molecule has 0 radical (unpaired) electrons. The molecule has 4 rings (SSSR count). The lowest BCUT2D eigenvalue weighted by atomic mass is 10.1. The molecular formula is C21H25N5O3. The Hall–Kier alpha value is -3.16. The van der Waals surface area contributed by atoms with Crippen LogP contribution in [0.3, 0.4) is 0 Å². The Balaban J connectivity index is 1.53. The molecule has 0 aliphatic carbocycles. The number of amides is 3. The van der Waals surface area contributed by atoms with E-state index in [1.54, 1.807) is 22.7 Å². The zero-order chi connectivity index (χ0) is 20.5. The van der Waals surface area contributed by atoms with Crippen molar-refractivity contribution in [2.75, 3.05) is 6.54 Å². The predicted octanol–water partition coefficient (Wildman–Crippen LogP) is 1.04. The number of piperazine rings is 1. The molecule has 0 bridgehead atoms. The average molecular weight is 395 g/mol. The summed E-state index contributed by atoms with van der Waals surface area (Å²) < 4.78 is 1.80. The Kier molecular flexibility index (Phi) is 5.08. The summed E-state index contributed by atoms with van der Waals surface area (Å²) in [4.78, 5) is 39.1. The van der Waals surface area contributed by atoms with Crippen molar-refractivity contribution in [2.24, 2.45) is 0 Å². The number of para-hydroxylation sites is 1. The van der Waals surface area contributed by atoms with Gasteiger partial charge in [0.25, 0.3) is 5.91 Å². The van der Waals surface area contributed by atoms with Crippen molar-refractivity contribution >= 4 is 17.7 Å². The van der Waals surface area contributed by atoms with Gasteiger partial charge in [-0.3, -0.25) is 14.4 Å². The molecule has 2 aromatic rings. The maximum atomic E-state index is 13.0. The molecule has 2 N–H and O–H groups in total. The van der Waals surface area contributed by atoms with Gasteiger partial charge in [0, 0.05) is 12.6 Å². The molecular weight excluding hydrogens is 370 g/mol. The fourth-order valence-corrected chi connectivity index (χ4v) is 4.15. The van der Waals surface area contributed by atoms with E-state index in [0.29, 0.717) is 18.5 Å². The Labute approximate surface area is 169 Å². The lowest BCUT2D eigenvalue weighted by molar-refractivity contribution is -0.146. The van der Waals surface area contributed by atoms with Gasteiger partial charge in [-0.2, -0.15) is 5.10 Å². The third-order valence-corrected chi connectivity index (χ3v) is 5.55. The van der Waals surface area contributed by atoms with Crippen LogP contribution in [-0.2, 0) is 16.0 Å². The molecule has 2 aliphatic rings. The highest BCUT2D eigenvalue weighted by atomic mass is 16.2. The summed E-state index contributed by atoms with van der Waals surface area (Å²) in [6.45, 7) is 4.09. The number of carbonyl (C=O) groups excluding carboxylic acids is 3. The van der Waals surface area contributed by atoms with Gasteiger partial charge < -0.3 is 15.5 Å². The summed E-state index contributed by atoms with van der Waals surface area (Å²) in [7, 11) is 0. The van der Waals surface area contributed by atoms with Crippen molar-refractivity contribution < 1.29 is 14.4 Å². The van der Waals surface area contributed by atoms with Crippen LogP contribution >= 0.6 is 0 Å². The van der Waals surface area contributed by atoms with Gasteiger partial charge in [-0.1, -0.05) is 31.5 Å². The second kappa shape index (κ2) is 7.69. The van der Waals surface area contributed by atoms with E-state index in [2.05, 4.69) is 22.7 Å². The highest BCUT2D eigenvalue weighted by Gasteiger charge is 2.45. The lowest BCUT2D eigenvalue weighted by Gasteiger charge is -2.32. The maximum Gasteiger partial charge on any atom is 0.255 e. The first kappa shape index (κ1) is 19.2. The van der Waals surface area contributed by atoms with Crippen LogP contribution in [0.15, 0.2) is 36.5 Å². The summed E-state index contributed by atoms with van der Waals surface area (Å²) in [5.41, 5.74) is 2.29. The summed E-state index contributed by atoms with van der Waals surface area (Å²) >= 11 is 0. The number of fused-ring (bicyclic) bond motifs is 1. The molecule has 0 unspecified atom stereocenters. The predicted molar refractivity (Wildman–Crippen MR) is 107 cm³/mol. The van der Waals surface area contributed by atoms with Crippen LogP contribution in [-0.4, -0.2) is 57.1 Å². The van der Waals surface area contributed by atoms with Crippen molar-refractivity contribution in [1.82, 2.24) is 25.3 Å². The van der Waals surface area contributed by atoms with Crippen LogP contribution in [0.25, 0.3) is 5.69 Å². The number of aromatic nitrogens is 2. The van der Waals surface area contributed by atoms with Crippen LogP contribution in [0.4, 0.5) is 0 Å². The zero-order valence-electron chi connectivity index (χ0n) is 16.6. The third kappa shape index (κ3) is 3.50. The quantitative estimate of drug-likeness (QED) is 0.791. The molecule has 3 amide bonds. The molecule has 1 aromatic carbocycles. The van der Waals surface area contributed by atoms with Gasteiger partial charge >= 0.3 is 0 Å². The number of benzene rings is 1. The van der Waals surface area contributed by atoms with E-state index in [1.165, 1.54) is 0 Å². The lowest BCUT2D eigenvalue weighted by Crippen LogP contribution is -2.60. The Morgan fingerprint density at radius 2 is 2.03 bits per heavy atom. The second-order valence-electron chi connectivity index (χ2n) is 7.65. The summed E-state index contributed by atoms with van der Waals surface area (Å²) in [5, 5.41) is 10.1. The largest absolute Gasteiger partial charge is 0.347 e. The minimum atomic E-state index is -0.520. The molecule has 3 heterocycles. The number of hydrogen-bond donors (Lipinski definition) is 2. The smallest absolute Gasteiger partial charge is 0.255 e. The molecule has 152 valence electrons. The molecule has 29 heavy (non-hydrogen) atoms. The topological polar surface area (TPSA) is 96.3 Å². The number of carbonyl (C=O) groups is 3. The monoisotopic (exact) mass is 395 g/mol. The number of hydrogen-bond acceptors (Lipinski definition) is 4. The van der Waals surface area contributed by atoms with Gasteiger partial charge in [-0.25, -0.2) is 4.68 Å². The molecule has 2 aliphatic heterocycles. The van der Waals surface area contributed by atoms with Gasteiger partial charge in [-0.05, 0) is 31.9 Å². The molecule has 0 saturated carbocycles. The third-order valence-electron chi connectivity index (χ3n) is 5.55. The highest BCUT2D eigenvalue weighted by molar-refractivity contribution is 5.98. The molecule has 8 heteroatoms. The van der Waals surface area contributed by atoms with E-state index in [4.69, 9.17) is 0 Å². The van der Waals surface area contributed by atoms with Gasteiger partial charge in [0.05, 0.1) is 23.1 Å². The van der Waals surface area contributed by atoms with E-state index in [0.717, 1.165) is 24.2 Å². The molecule has 2 saturated heterocycles. The van der Waals surface area contributed by atoms with E-state index in [-0.39, 0.29) is 23.8 Å². The van der Waals surface area contributed by atoms with Crippen LogP contribution < -0.4 is 10.6 Å². The fraction of sp³-hybridized carbons (Fsp3) is 0.429. The summed E-state index contributed by atoms with van der Waals surface area (Å²) in [5.74, 6) is -0.478. The first-order valence-electron chi connectivity index (χ1n) is 10.0. The van der Waals surface area contributed by atoms with Crippen molar-refractivity contribution in [3.05, 3.63) is 47.8 Å². The molecule has 0 spiro atoms. The number of nitrogens with zero attached hydrogens (tertiary/aromatic N) is 3. The van der Waals surface area contributed by atoms with Crippen LogP contribution in [0.5, 0.6) is 0 Å². The van der Waals surface area contributed by atoms with Crippen molar-refractivity contribution in [3.8, 4) is 5.69 Å². The van der Waals surface area contributed by atoms with Crippen LogP contribution in [0.1, 0.15) is 42.7 Å². The van der Waals surface area contributed by atoms with E-state index in [1.807, 2.05) is 30.3 Å². The summed E-state index contributed by atoms with van der Waals surface area (Å²) in [6.07, 6.45) is 3.61. The molecule has 1 aromatic heterocycles. The first-order valence-corrected chi connectivity index (χ1v) is 10.0. The second-order valence-corrected chi connectivity index (χ2v) is 7.65. The van der Waals surface area contributed by atoms with Crippen molar-refractivity contribution in [2.45, 2.75) is 51.2 Å². The van der Waals surface area contributed by atoms with Crippen LogP contribution in [0.2, 0.25) is 0 Å². The van der Waals surface area contributed by atoms with Gasteiger partial charge in [0.2, 0.25) is 11.8 Å². The summed E-state index contributed by atoms with van der Waals surface area (Å²) in [6, 6.07) is 8.42. The molecule has 3 atom stereocenters. The highest BCUT2D eigenvalue weighted by Crippen LogP contribution is 2.23. The van der Waals surface area contributed by atoms with E-state index < -0.39 is 12.1 Å². The standard InChI is InChI=1S/C21H25N5O3/c1-3-7-17-16(11-22-26(17)15-8-5-4-6-9-15)19(27)24-14-10-18-20(28)23-13(2)21(29)25(18)12-14/h4-6,8-9,11,13-14,18H,3,7,10,12H2,1-2H3,(H,23,28)(H,24,27)/t13-,14+,18+/m1/s1. The van der Waals surface area contributed by atoms with Crippen molar-refractivity contribution in [1.29, 1.82) is 0 Å². The molecule has 8 nitrogen and oxygen atoms in total. The number of rotatable bonds is 5. The van der Waals surface area contributed by atoms with E-state index >= 15 is 0 Å². The Morgan fingerprint density at radius 1 is 1.28 bits per heavy atom. The SMILES string of the molecule is CCCc1c(C(=O)N[C@H]2C[C@H]3C(=O)N[C@H](C)C(=O)N3C2)cnn1-c1ccccc1. The normalized spacial score (nSPS) is 23.7. The first-order chi connectivity index (χ1) is 14.0. The maximum absolute atomic E-state index is 13.0. The van der Waals surface area contributed by atoms with Crippen LogP contribution in [0, 0.1) is 0 Å². The Bertz CT molecular complexity index is 939. The molecule has 2 fully saturated rings. The van der Waals surface area contributed by atoms with Gasteiger partial charge in [0.1, 0.15) is 12.1 Å². The van der Waals surface area contributed by atoms with Gasteiger partial charge in [-0.15, -0.1) is 0 Å². The van der Waals surface area contributed by atoms with Crippen molar-refractivity contribution in [3.63, 3.8) is 0 Å². The van der Waals surface area contributed by atoms with E-state index in [9.17, 15) is 14.4 Å². The zero-order valence-corrected chi connectivity index (χ0v) is 16.6. The minimum Gasteiger partial charge on any atom is -0.347 e. The minimum absolute atomic E-state index is 0.102. The fourth-order valence-electron chi connectivity index (χ4n) is 4.15.